The van der Waals surface area contributed by atoms with Crippen LogP contribution in [0.5, 0.6) is 5.75 Å². The minimum Gasteiger partial charge on any atom is -0.406 e. The number of pyridine rings is 1. The zero-order valence-corrected chi connectivity index (χ0v) is 21.0. The summed E-state index contributed by atoms with van der Waals surface area (Å²) < 4.78 is 44.7. The number of aromatic nitrogens is 4. The van der Waals surface area contributed by atoms with Gasteiger partial charge in [0.2, 0.25) is 11.8 Å². The molecule has 1 saturated carbocycles. The summed E-state index contributed by atoms with van der Waals surface area (Å²) in [5.41, 5.74) is 6.77. The van der Waals surface area contributed by atoms with E-state index in [0.29, 0.717) is 33.1 Å². The second-order valence-electron chi connectivity index (χ2n) is 9.22. The lowest BCUT2D eigenvalue weighted by Gasteiger charge is -2.27. The molecule has 0 bridgehead atoms. The monoisotopic (exact) mass is 589 g/mol. The molecule has 4 aromatic rings. The Balaban J connectivity index is 1.32. The third-order valence-electron chi connectivity index (χ3n) is 6.83. The summed E-state index contributed by atoms with van der Waals surface area (Å²) >= 11 is 3.27. The fourth-order valence-corrected chi connectivity index (χ4v) is 5.57. The zero-order valence-electron chi connectivity index (χ0n) is 19.4. The molecule has 10 nitrogen and oxygen atoms in total. The number of fused-ring (bicyclic) bond motifs is 4. The van der Waals surface area contributed by atoms with Gasteiger partial charge in [0.1, 0.15) is 46.5 Å². The molecule has 2 fully saturated rings. The molecule has 14 heteroatoms. The number of likely N-dealkylation sites (tertiary alicyclic amines) is 1. The van der Waals surface area contributed by atoms with Crippen molar-refractivity contribution in [3.63, 3.8) is 0 Å². The molecule has 3 N–H and O–H groups in total. The molecule has 3 aromatic heterocycles. The molecule has 1 aromatic carbocycles. The van der Waals surface area contributed by atoms with Crippen LogP contribution in [0.2, 0.25) is 0 Å². The number of carbonyl (C=O) groups excluding carboxylic acids is 2. The van der Waals surface area contributed by atoms with Crippen LogP contribution < -0.4 is 15.8 Å². The number of piperidine rings is 1. The third-order valence-corrected chi connectivity index (χ3v) is 7.27. The van der Waals surface area contributed by atoms with E-state index in [1.807, 2.05) is 0 Å². The average molecular weight is 590 g/mol. The van der Waals surface area contributed by atoms with Crippen LogP contribution in [0.15, 0.2) is 47.3 Å². The zero-order chi connectivity index (χ0) is 26.8. The first-order valence-electron chi connectivity index (χ1n) is 11.6. The van der Waals surface area contributed by atoms with Crippen molar-refractivity contribution >= 4 is 61.3 Å². The van der Waals surface area contributed by atoms with Gasteiger partial charge < -0.3 is 25.3 Å². The van der Waals surface area contributed by atoms with Gasteiger partial charge in [-0.1, -0.05) is 6.07 Å². The van der Waals surface area contributed by atoms with Crippen molar-refractivity contribution in [3.8, 4) is 5.75 Å². The molecule has 6 rings (SSSR count). The molecule has 2 amide bonds. The van der Waals surface area contributed by atoms with Gasteiger partial charge in [-0.3, -0.25) is 9.59 Å². The number of alkyl halides is 3. The second kappa shape index (κ2) is 8.82. The highest BCUT2D eigenvalue weighted by Gasteiger charge is 2.56. The van der Waals surface area contributed by atoms with E-state index in [1.54, 1.807) is 27.7 Å². The van der Waals surface area contributed by atoms with E-state index in [1.165, 1.54) is 18.5 Å². The summed E-state index contributed by atoms with van der Waals surface area (Å²) in [6.07, 6.45) is -2.30. The predicted molar refractivity (Wildman–Crippen MR) is 134 cm³/mol. The maximum Gasteiger partial charge on any atom is 0.573 e. The van der Waals surface area contributed by atoms with Crippen molar-refractivity contribution in [1.29, 1.82) is 0 Å². The lowest BCUT2D eigenvalue weighted by Crippen LogP contribution is -2.46. The molecular formula is C24H19BrF3N7O3. The molecule has 0 radical (unpaired) electrons. The maximum atomic E-state index is 13.7. The van der Waals surface area contributed by atoms with Gasteiger partial charge in [-0.2, -0.15) is 0 Å². The second-order valence-corrected chi connectivity index (χ2v) is 10.0. The number of hydrogen-bond donors (Lipinski definition) is 2. The number of anilines is 2. The van der Waals surface area contributed by atoms with Crippen LogP contribution in [-0.2, 0) is 16.1 Å². The quantitative estimate of drug-likeness (QED) is 0.338. The van der Waals surface area contributed by atoms with Crippen molar-refractivity contribution < 1.29 is 27.5 Å². The third kappa shape index (κ3) is 4.38. The summed E-state index contributed by atoms with van der Waals surface area (Å²) in [4.78, 5) is 40.8. The Hall–Kier alpha value is -3.94. The Bertz CT molecular complexity index is 1610. The van der Waals surface area contributed by atoms with Crippen LogP contribution in [0.1, 0.15) is 12.8 Å². The molecular weight excluding hydrogens is 571 g/mol. The molecule has 38 heavy (non-hydrogen) atoms. The van der Waals surface area contributed by atoms with Gasteiger partial charge in [-0.25, -0.2) is 15.0 Å². The van der Waals surface area contributed by atoms with E-state index < -0.39 is 18.2 Å². The average Bonchev–Trinajstić information content (AvgIpc) is 3.39. The Morgan fingerprint density at radius 1 is 1.18 bits per heavy atom. The molecule has 1 aliphatic heterocycles. The highest BCUT2D eigenvalue weighted by Crippen LogP contribution is 2.48. The molecule has 1 saturated heterocycles. The summed E-state index contributed by atoms with van der Waals surface area (Å²) in [6.45, 7) is -0.196. The van der Waals surface area contributed by atoms with Gasteiger partial charge in [-0.15, -0.1) is 13.2 Å². The molecule has 4 heterocycles. The van der Waals surface area contributed by atoms with Crippen LogP contribution in [0.3, 0.4) is 0 Å². The van der Waals surface area contributed by atoms with Gasteiger partial charge in [0.05, 0.1) is 10.9 Å². The molecule has 2 aliphatic rings. The number of rotatable bonds is 5. The van der Waals surface area contributed by atoms with Gasteiger partial charge in [-0.05, 0) is 65.0 Å². The minimum absolute atomic E-state index is 0.0479. The summed E-state index contributed by atoms with van der Waals surface area (Å²) in [5, 5.41) is 3.40. The predicted octanol–water partition coefficient (Wildman–Crippen LogP) is 3.85. The number of nitrogens with one attached hydrogen (secondary N) is 1. The summed E-state index contributed by atoms with van der Waals surface area (Å²) in [6, 6.07) is 8.17. The van der Waals surface area contributed by atoms with Crippen LogP contribution >= 0.6 is 15.9 Å². The van der Waals surface area contributed by atoms with Gasteiger partial charge >= 0.3 is 6.36 Å². The molecule has 0 spiro atoms. The standard InChI is InChI=1S/C24H19BrF3N7O3/c25-17-2-1-3-18(32-17)33-23(37)16-7-11-6-15(11)35(16)19(36)9-34-14-5-4-12(38-24(26,27)28)8-13(14)20-21(29)30-10-31-22(20)34/h1-5,8,10-11,15-16H,6-7,9H2,(H2,29,30,31)(H,32,33,37)/t11-,15?,16+/m1/s1. The largest absolute Gasteiger partial charge is 0.573 e. The molecule has 196 valence electrons. The van der Waals surface area contributed by atoms with Crippen LogP contribution in [0.25, 0.3) is 21.9 Å². The first kappa shape index (κ1) is 24.4. The number of ether oxygens (including phenoxy) is 1. The molecule has 3 atom stereocenters. The number of nitrogens with two attached hydrogens (primary N) is 1. The number of hydrogen-bond acceptors (Lipinski definition) is 7. The van der Waals surface area contributed by atoms with Crippen molar-refractivity contribution in [2.75, 3.05) is 11.1 Å². The summed E-state index contributed by atoms with van der Waals surface area (Å²) in [7, 11) is 0. The van der Waals surface area contributed by atoms with Crippen molar-refractivity contribution in [3.05, 3.63) is 47.3 Å². The highest BCUT2D eigenvalue weighted by atomic mass is 79.9. The first-order valence-corrected chi connectivity index (χ1v) is 12.4. The Morgan fingerprint density at radius 3 is 2.76 bits per heavy atom. The fourth-order valence-electron chi connectivity index (χ4n) is 5.23. The van der Waals surface area contributed by atoms with Crippen LogP contribution in [-0.4, -0.2) is 54.7 Å². The van der Waals surface area contributed by atoms with E-state index in [4.69, 9.17) is 5.73 Å². The lowest BCUT2D eigenvalue weighted by atomic mass is 10.1. The normalized spacial score (nSPS) is 20.5. The first-order chi connectivity index (χ1) is 18.1. The topological polar surface area (TPSA) is 128 Å². The maximum absolute atomic E-state index is 13.7. The van der Waals surface area contributed by atoms with Crippen molar-refractivity contribution in [1.82, 2.24) is 24.4 Å². The number of amides is 2. The van der Waals surface area contributed by atoms with Gasteiger partial charge in [0.15, 0.2) is 0 Å². The SMILES string of the molecule is Nc1ncnc2c1c1cc(OC(F)(F)F)ccc1n2CC(=O)N1C2C[C@@H]2C[C@H]1C(=O)Nc1cccc(Br)n1. The van der Waals surface area contributed by atoms with E-state index in [-0.39, 0.29) is 41.8 Å². The van der Waals surface area contributed by atoms with Crippen LogP contribution in [0, 0.1) is 5.92 Å². The number of carbonyl (C=O) groups is 2. The smallest absolute Gasteiger partial charge is 0.406 e. The van der Waals surface area contributed by atoms with Crippen molar-refractivity contribution in [2.45, 2.75) is 37.8 Å². The van der Waals surface area contributed by atoms with Gasteiger partial charge in [0, 0.05) is 11.4 Å². The number of nitrogens with zero attached hydrogens (tertiary/aromatic N) is 5. The number of nitrogen functional groups attached to an aromatic ring is 1. The van der Waals surface area contributed by atoms with Gasteiger partial charge in [0.25, 0.3) is 0 Å². The van der Waals surface area contributed by atoms with Crippen molar-refractivity contribution in [2.24, 2.45) is 5.92 Å². The lowest BCUT2D eigenvalue weighted by molar-refractivity contribution is -0.274. The number of halogens is 4. The highest BCUT2D eigenvalue weighted by molar-refractivity contribution is 9.10. The Morgan fingerprint density at radius 2 is 2.00 bits per heavy atom. The molecule has 1 aliphatic carbocycles. The molecule has 1 unspecified atom stereocenters. The van der Waals surface area contributed by atoms with E-state index >= 15 is 0 Å². The van der Waals surface area contributed by atoms with Crippen LogP contribution in [0.4, 0.5) is 24.8 Å². The Kier molecular flexibility index (Phi) is 5.67. The number of benzene rings is 1. The fraction of sp³-hybridized carbons (Fsp3) is 0.292. The van der Waals surface area contributed by atoms with E-state index in [2.05, 4.69) is 40.9 Å². The summed E-state index contributed by atoms with van der Waals surface area (Å²) in [5.74, 6) is -0.426. The Labute approximate surface area is 221 Å². The van der Waals surface area contributed by atoms with E-state index in [0.717, 1.165) is 12.5 Å². The minimum atomic E-state index is -4.87. The van der Waals surface area contributed by atoms with E-state index in [9.17, 15) is 22.8 Å².